The number of hydrogen-bond acceptors (Lipinski definition) is 10. The van der Waals surface area contributed by atoms with E-state index < -0.39 is 45.1 Å². The van der Waals surface area contributed by atoms with Gasteiger partial charge in [-0.05, 0) is 65.6 Å². The third kappa shape index (κ3) is 8.36. The summed E-state index contributed by atoms with van der Waals surface area (Å²) >= 11 is 0. The Kier molecular flexibility index (Phi) is 9.89. The molecule has 0 fully saturated rings. The number of carbonyl (C=O) groups excluding carboxylic acids is 3. The maximum absolute atomic E-state index is 13.5. The maximum Gasteiger partial charge on any atom is 0.373 e. The molecule has 1 heterocycles. The molecule has 0 aliphatic rings. The second-order valence-electron chi connectivity index (χ2n) is 10.6. The first kappa shape index (κ1) is 32.7. The van der Waals surface area contributed by atoms with Crippen LogP contribution in [0.15, 0.2) is 54.6 Å². The number of amidine groups is 1. The zero-order valence-electron chi connectivity index (χ0n) is 24.2. The monoisotopic (exact) mass is 611 g/mol. The van der Waals surface area contributed by atoms with Gasteiger partial charge in [0.15, 0.2) is 5.69 Å². The average molecular weight is 612 g/mol. The van der Waals surface area contributed by atoms with Gasteiger partial charge in [-0.15, -0.1) is 0 Å². The molecule has 0 unspecified atom stereocenters. The van der Waals surface area contributed by atoms with Gasteiger partial charge in [-0.2, -0.15) is 8.42 Å². The summed E-state index contributed by atoms with van der Waals surface area (Å²) in [6.45, 7) is 5.08. The number of nitrogens with two attached hydrogens (primary N) is 1. The molecule has 0 aliphatic heterocycles. The fourth-order valence-electron chi connectivity index (χ4n) is 3.91. The van der Waals surface area contributed by atoms with Gasteiger partial charge in [-0.25, -0.2) is 9.78 Å². The van der Waals surface area contributed by atoms with Crippen LogP contribution in [-0.2, 0) is 14.3 Å². The SMILES string of the molecule is COc1ccc(-c2ccc(C(=O)N[C@H](CO)C(C)(C)C)nc2C(=O)OS(C)(=O)=O)c(C(=O)Nc2ccc(C(=N)N)cc2)c1. The molecule has 6 N–H and O–H groups in total. The van der Waals surface area contributed by atoms with Gasteiger partial charge in [0, 0.05) is 16.8 Å². The number of ether oxygens (including phenoxy) is 1. The number of aliphatic hydroxyl groups is 1. The van der Waals surface area contributed by atoms with E-state index in [1.54, 1.807) is 24.3 Å². The first-order valence-corrected chi connectivity index (χ1v) is 14.7. The van der Waals surface area contributed by atoms with Crippen LogP contribution >= 0.6 is 0 Å². The first-order chi connectivity index (χ1) is 20.0. The number of benzene rings is 2. The quantitative estimate of drug-likeness (QED) is 0.128. The van der Waals surface area contributed by atoms with Crippen molar-refractivity contribution in [2.24, 2.45) is 11.1 Å². The van der Waals surface area contributed by atoms with E-state index in [1.165, 1.54) is 37.4 Å². The van der Waals surface area contributed by atoms with Crippen molar-refractivity contribution < 1.29 is 36.8 Å². The van der Waals surface area contributed by atoms with E-state index in [4.69, 9.17) is 15.9 Å². The molecule has 14 heteroatoms. The number of aliphatic hydroxyl groups excluding tert-OH is 1. The van der Waals surface area contributed by atoms with E-state index >= 15 is 0 Å². The van der Waals surface area contributed by atoms with Crippen molar-refractivity contribution >= 4 is 39.4 Å². The number of rotatable bonds is 10. The molecule has 43 heavy (non-hydrogen) atoms. The number of hydrogen-bond donors (Lipinski definition) is 5. The Balaban J connectivity index is 2.13. The molecule has 0 aliphatic carbocycles. The minimum absolute atomic E-state index is 0.000500. The predicted octanol–water partition coefficient (Wildman–Crippen LogP) is 2.55. The fourth-order valence-corrected chi connectivity index (χ4v) is 4.26. The van der Waals surface area contributed by atoms with Crippen LogP contribution in [0, 0.1) is 10.8 Å². The summed E-state index contributed by atoms with van der Waals surface area (Å²) in [6, 6.07) is 12.6. The molecule has 1 atom stereocenters. The minimum atomic E-state index is -4.28. The lowest BCUT2D eigenvalue weighted by molar-refractivity contribution is 0.0742. The van der Waals surface area contributed by atoms with Crippen molar-refractivity contribution in [1.29, 1.82) is 5.41 Å². The standard InChI is InChI=1S/C29H33N5O8S/c1-29(2,3)23(15-35)34-27(37)22-13-12-20(24(33-22)28(38)42-43(5,39)40)19-11-10-18(41-4)14-21(19)26(36)32-17-8-6-16(7-9-17)25(30)31/h6-14,23,35H,15H2,1-5H3,(H3,30,31)(H,32,36)(H,34,37)/t23-/m1/s1. The molecular formula is C29H33N5O8S. The van der Waals surface area contributed by atoms with E-state index in [0.717, 1.165) is 0 Å². The molecular weight excluding hydrogens is 578 g/mol. The average Bonchev–Trinajstić information content (AvgIpc) is 2.93. The number of amides is 2. The van der Waals surface area contributed by atoms with Gasteiger partial charge in [0.1, 0.15) is 17.3 Å². The van der Waals surface area contributed by atoms with Gasteiger partial charge in [0.25, 0.3) is 11.8 Å². The largest absolute Gasteiger partial charge is 0.497 e. The molecule has 2 amide bonds. The van der Waals surface area contributed by atoms with Crippen molar-refractivity contribution in [3.05, 3.63) is 77.1 Å². The highest BCUT2D eigenvalue weighted by Crippen LogP contribution is 2.31. The highest BCUT2D eigenvalue weighted by atomic mass is 32.2. The van der Waals surface area contributed by atoms with Gasteiger partial charge in [-0.3, -0.25) is 15.0 Å². The van der Waals surface area contributed by atoms with Crippen molar-refractivity contribution in [2.75, 3.05) is 25.3 Å². The van der Waals surface area contributed by atoms with E-state index in [-0.39, 0.29) is 34.8 Å². The first-order valence-electron chi connectivity index (χ1n) is 12.8. The molecule has 1 aromatic heterocycles. The predicted molar refractivity (Wildman–Crippen MR) is 160 cm³/mol. The molecule has 0 spiro atoms. The molecule has 0 bridgehead atoms. The van der Waals surface area contributed by atoms with Crippen LogP contribution in [0.4, 0.5) is 5.69 Å². The number of nitrogens with zero attached hydrogens (tertiary/aromatic N) is 1. The molecule has 0 radical (unpaired) electrons. The van der Waals surface area contributed by atoms with Crippen molar-refractivity contribution in [3.63, 3.8) is 0 Å². The van der Waals surface area contributed by atoms with E-state index in [1.807, 2.05) is 20.8 Å². The number of carbonyl (C=O) groups is 3. The van der Waals surface area contributed by atoms with Gasteiger partial charge in [0.2, 0.25) is 0 Å². The number of anilines is 1. The van der Waals surface area contributed by atoms with Crippen LogP contribution in [0.3, 0.4) is 0 Å². The summed E-state index contributed by atoms with van der Waals surface area (Å²) in [5.74, 6) is -2.55. The summed E-state index contributed by atoms with van der Waals surface area (Å²) in [5, 5.41) is 22.7. The van der Waals surface area contributed by atoms with Crippen molar-refractivity contribution in [1.82, 2.24) is 10.3 Å². The number of nitrogen functional groups attached to an aromatic ring is 1. The van der Waals surface area contributed by atoms with Crippen LogP contribution in [0.5, 0.6) is 5.75 Å². The van der Waals surface area contributed by atoms with Crippen molar-refractivity contribution in [3.8, 4) is 16.9 Å². The van der Waals surface area contributed by atoms with Crippen LogP contribution in [0.1, 0.15) is 57.7 Å². The Bertz CT molecular complexity index is 1670. The molecule has 3 rings (SSSR count). The molecule has 3 aromatic rings. The zero-order chi connectivity index (χ0) is 32.1. The van der Waals surface area contributed by atoms with Gasteiger partial charge >= 0.3 is 16.1 Å². The lowest BCUT2D eigenvalue weighted by Crippen LogP contribution is -2.46. The normalized spacial score (nSPS) is 12.1. The highest BCUT2D eigenvalue weighted by molar-refractivity contribution is 7.86. The highest BCUT2D eigenvalue weighted by Gasteiger charge is 2.29. The zero-order valence-corrected chi connectivity index (χ0v) is 25.0. The Morgan fingerprint density at radius 1 is 1.02 bits per heavy atom. The Hall–Kier alpha value is -4.82. The number of nitrogens with one attached hydrogen (secondary N) is 3. The fraction of sp³-hybridized carbons (Fsp3) is 0.276. The molecule has 2 aromatic carbocycles. The number of aromatic nitrogens is 1. The Morgan fingerprint density at radius 2 is 1.65 bits per heavy atom. The summed E-state index contributed by atoms with van der Waals surface area (Å²) < 4.78 is 33.5. The van der Waals surface area contributed by atoms with E-state index in [9.17, 15) is 27.9 Å². The number of pyridine rings is 1. The third-order valence-electron chi connectivity index (χ3n) is 6.30. The van der Waals surface area contributed by atoms with Gasteiger partial charge < -0.3 is 30.4 Å². The smallest absolute Gasteiger partial charge is 0.373 e. The lowest BCUT2D eigenvalue weighted by Gasteiger charge is -2.29. The lowest BCUT2D eigenvalue weighted by atomic mass is 9.87. The molecule has 0 saturated heterocycles. The second kappa shape index (κ2) is 13.0. The van der Waals surface area contributed by atoms with Gasteiger partial charge in [-0.1, -0.05) is 20.8 Å². The van der Waals surface area contributed by atoms with Crippen molar-refractivity contribution in [2.45, 2.75) is 26.8 Å². The summed E-state index contributed by atoms with van der Waals surface area (Å²) in [7, 11) is -2.88. The van der Waals surface area contributed by atoms with Crippen LogP contribution in [0.25, 0.3) is 11.1 Å². The molecule has 228 valence electrons. The summed E-state index contributed by atoms with van der Waals surface area (Å²) in [4.78, 5) is 43.7. The Morgan fingerprint density at radius 3 is 2.19 bits per heavy atom. The van der Waals surface area contributed by atoms with Crippen LogP contribution in [0.2, 0.25) is 0 Å². The second-order valence-corrected chi connectivity index (χ2v) is 12.2. The third-order valence-corrected chi connectivity index (χ3v) is 6.75. The van der Waals surface area contributed by atoms with Crippen LogP contribution in [-0.4, -0.2) is 68.1 Å². The molecule has 13 nitrogen and oxygen atoms in total. The maximum atomic E-state index is 13.5. The molecule has 0 saturated carbocycles. The van der Waals surface area contributed by atoms with E-state index in [2.05, 4.69) is 19.8 Å². The minimum Gasteiger partial charge on any atom is -0.497 e. The van der Waals surface area contributed by atoms with Crippen LogP contribution < -0.4 is 21.1 Å². The topological polar surface area (TPSA) is 211 Å². The van der Waals surface area contributed by atoms with Gasteiger partial charge in [0.05, 0.1) is 31.6 Å². The van der Waals surface area contributed by atoms with E-state index in [0.29, 0.717) is 23.3 Å². The summed E-state index contributed by atoms with van der Waals surface area (Å²) in [6.07, 6.45) is 0.681. The number of methoxy groups -OCH3 is 1. The Labute approximate surface area is 249 Å². The summed E-state index contributed by atoms with van der Waals surface area (Å²) in [5.41, 5.74) is 5.19.